The summed E-state index contributed by atoms with van der Waals surface area (Å²) in [5.41, 5.74) is 5.96. The van der Waals surface area contributed by atoms with Gasteiger partial charge in [0.25, 0.3) is 0 Å². The Morgan fingerprint density at radius 2 is 1.90 bits per heavy atom. The van der Waals surface area contributed by atoms with Crippen LogP contribution in [-0.4, -0.2) is 54.3 Å². The molecule has 0 aromatic heterocycles. The quantitative estimate of drug-likeness (QED) is 0.607. The number of hydrogen-bond donors (Lipinski definition) is 4. The minimum atomic E-state index is -0.525. The average molecular weight is 300 g/mol. The largest absolute Gasteiger partial charge is 0.396 e. The highest BCUT2D eigenvalue weighted by Crippen LogP contribution is 2.33. The Labute approximate surface area is 128 Å². The van der Waals surface area contributed by atoms with Crippen molar-refractivity contribution in [2.45, 2.75) is 69.9 Å². The summed E-state index contributed by atoms with van der Waals surface area (Å²) in [5, 5.41) is 23.2. The lowest BCUT2D eigenvalue weighted by Crippen LogP contribution is -2.56. The van der Waals surface area contributed by atoms with E-state index in [1.165, 1.54) is 0 Å². The Morgan fingerprint density at radius 3 is 2.52 bits per heavy atom. The molecular weight excluding hydrogens is 268 g/mol. The first-order valence-electron chi connectivity index (χ1n) is 8.29. The molecule has 5 N–H and O–H groups in total. The summed E-state index contributed by atoms with van der Waals surface area (Å²) in [6, 6.07) is 0.333. The Kier molecular flexibility index (Phi) is 6.03. The second kappa shape index (κ2) is 7.38. The number of methoxy groups -OCH3 is 1. The number of nitrogens with one attached hydrogen (secondary N) is 1. The number of hydrogen-bond acceptors (Lipinski definition) is 5. The van der Waals surface area contributed by atoms with Gasteiger partial charge in [-0.15, -0.1) is 0 Å². The molecule has 2 aliphatic carbocycles. The third kappa shape index (κ3) is 3.96. The van der Waals surface area contributed by atoms with Crippen LogP contribution in [-0.2, 0) is 4.74 Å². The second-order valence-corrected chi connectivity index (χ2v) is 7.19. The van der Waals surface area contributed by atoms with E-state index in [1.807, 2.05) is 0 Å². The van der Waals surface area contributed by atoms with Gasteiger partial charge in [0.2, 0.25) is 0 Å². The molecule has 0 spiro atoms. The van der Waals surface area contributed by atoms with Crippen molar-refractivity contribution in [3.8, 4) is 0 Å². The highest BCUT2D eigenvalue weighted by atomic mass is 16.5. The molecule has 0 aromatic rings. The Bertz CT molecular complexity index is 329. The zero-order valence-corrected chi connectivity index (χ0v) is 13.5. The monoisotopic (exact) mass is 300 g/mol. The van der Waals surface area contributed by atoms with E-state index in [0.717, 1.165) is 19.3 Å². The van der Waals surface area contributed by atoms with Gasteiger partial charge in [-0.05, 0) is 37.5 Å². The minimum absolute atomic E-state index is 0.0132. The zero-order valence-electron chi connectivity index (χ0n) is 13.5. The van der Waals surface area contributed by atoms with Crippen molar-refractivity contribution >= 4 is 0 Å². The van der Waals surface area contributed by atoms with E-state index in [0.29, 0.717) is 30.4 Å². The first-order chi connectivity index (χ1) is 9.96. The van der Waals surface area contributed by atoms with E-state index in [9.17, 15) is 10.2 Å². The molecule has 0 heterocycles. The molecule has 2 aliphatic rings. The van der Waals surface area contributed by atoms with Gasteiger partial charge >= 0.3 is 0 Å². The molecule has 8 atom stereocenters. The number of aliphatic hydroxyl groups is 2. The van der Waals surface area contributed by atoms with Gasteiger partial charge in [-0.25, -0.2) is 0 Å². The molecule has 0 aliphatic heterocycles. The normalized spacial score (nSPS) is 48.3. The maximum absolute atomic E-state index is 10.1. The lowest BCUT2D eigenvalue weighted by molar-refractivity contribution is 0.00166. The molecule has 0 amide bonds. The highest BCUT2D eigenvalue weighted by molar-refractivity contribution is 4.95. The molecule has 124 valence electrons. The Morgan fingerprint density at radius 1 is 1.19 bits per heavy atom. The molecule has 0 bridgehead atoms. The fourth-order valence-corrected chi connectivity index (χ4v) is 4.05. The van der Waals surface area contributed by atoms with E-state index in [4.69, 9.17) is 10.5 Å². The predicted molar refractivity (Wildman–Crippen MR) is 82.9 cm³/mol. The number of aliphatic hydroxyl groups excluding tert-OH is 2. The van der Waals surface area contributed by atoms with Crippen molar-refractivity contribution in [3.05, 3.63) is 0 Å². The third-order valence-electron chi connectivity index (χ3n) is 5.80. The summed E-state index contributed by atoms with van der Waals surface area (Å²) in [7, 11) is 1.79. The van der Waals surface area contributed by atoms with E-state index < -0.39 is 6.10 Å². The fraction of sp³-hybridized carbons (Fsp3) is 1.00. The lowest BCUT2D eigenvalue weighted by Gasteiger charge is -2.43. The molecule has 2 saturated carbocycles. The lowest BCUT2D eigenvalue weighted by atomic mass is 9.75. The van der Waals surface area contributed by atoms with Gasteiger partial charge in [0.1, 0.15) is 0 Å². The fourth-order valence-electron chi connectivity index (χ4n) is 4.05. The maximum atomic E-state index is 10.1. The molecule has 0 saturated heterocycles. The van der Waals surface area contributed by atoms with Crippen LogP contribution in [0.1, 0.15) is 39.5 Å². The topological polar surface area (TPSA) is 87.7 Å². The van der Waals surface area contributed by atoms with E-state index in [2.05, 4.69) is 19.2 Å². The van der Waals surface area contributed by atoms with Gasteiger partial charge in [-0.1, -0.05) is 13.8 Å². The van der Waals surface area contributed by atoms with Crippen molar-refractivity contribution in [2.75, 3.05) is 13.7 Å². The molecule has 2 rings (SSSR count). The first-order valence-corrected chi connectivity index (χ1v) is 8.29. The number of ether oxygens (including phenoxy) is 1. The molecule has 5 heteroatoms. The van der Waals surface area contributed by atoms with Crippen molar-refractivity contribution in [2.24, 2.45) is 23.5 Å². The van der Waals surface area contributed by atoms with Gasteiger partial charge in [-0.3, -0.25) is 0 Å². The van der Waals surface area contributed by atoms with Gasteiger partial charge < -0.3 is 26.0 Å². The maximum Gasteiger partial charge on any atom is 0.0709 e. The minimum Gasteiger partial charge on any atom is -0.396 e. The summed E-state index contributed by atoms with van der Waals surface area (Å²) in [4.78, 5) is 0. The molecule has 0 aromatic carbocycles. The second-order valence-electron chi connectivity index (χ2n) is 7.19. The first kappa shape index (κ1) is 17.2. The molecule has 21 heavy (non-hydrogen) atoms. The van der Waals surface area contributed by atoms with E-state index in [1.54, 1.807) is 7.11 Å². The average Bonchev–Trinajstić information content (AvgIpc) is 2.47. The van der Waals surface area contributed by atoms with Crippen LogP contribution in [0.15, 0.2) is 0 Å². The highest BCUT2D eigenvalue weighted by Gasteiger charge is 2.38. The molecule has 0 radical (unpaired) electrons. The molecule has 2 fully saturated rings. The van der Waals surface area contributed by atoms with Crippen LogP contribution < -0.4 is 11.1 Å². The van der Waals surface area contributed by atoms with Crippen LogP contribution in [0.2, 0.25) is 0 Å². The van der Waals surface area contributed by atoms with Crippen LogP contribution in [0, 0.1) is 17.8 Å². The Hall–Kier alpha value is -0.200. The number of rotatable bonds is 4. The van der Waals surface area contributed by atoms with E-state index in [-0.39, 0.29) is 24.6 Å². The molecule has 5 nitrogen and oxygen atoms in total. The SMILES string of the molecule is CO[C@H]1CC(N[C@@H]2C[C@H](CO)[C@H](N)[C@H](O)C2)[C@@H](C)[C@@H](C)C1. The van der Waals surface area contributed by atoms with E-state index >= 15 is 0 Å². The van der Waals surface area contributed by atoms with Gasteiger partial charge in [0.15, 0.2) is 0 Å². The summed E-state index contributed by atoms with van der Waals surface area (Å²) < 4.78 is 5.56. The van der Waals surface area contributed by atoms with Crippen LogP contribution in [0.5, 0.6) is 0 Å². The zero-order chi connectivity index (χ0) is 15.6. The van der Waals surface area contributed by atoms with Crippen LogP contribution in [0.25, 0.3) is 0 Å². The third-order valence-corrected chi connectivity index (χ3v) is 5.80. The predicted octanol–water partition coefficient (Wildman–Crippen LogP) is 0.485. The van der Waals surface area contributed by atoms with Crippen molar-refractivity contribution in [1.82, 2.24) is 5.32 Å². The van der Waals surface area contributed by atoms with Gasteiger partial charge in [0, 0.05) is 37.8 Å². The van der Waals surface area contributed by atoms with Gasteiger partial charge in [-0.2, -0.15) is 0 Å². The number of nitrogens with two attached hydrogens (primary N) is 1. The van der Waals surface area contributed by atoms with Crippen molar-refractivity contribution in [3.63, 3.8) is 0 Å². The summed E-state index contributed by atoms with van der Waals surface area (Å²) >= 11 is 0. The molecule has 1 unspecified atom stereocenters. The molecular formula is C16H32N2O3. The summed E-state index contributed by atoms with van der Waals surface area (Å²) in [5.74, 6) is 1.21. The van der Waals surface area contributed by atoms with Crippen molar-refractivity contribution < 1.29 is 14.9 Å². The van der Waals surface area contributed by atoms with Crippen molar-refractivity contribution in [1.29, 1.82) is 0 Å². The summed E-state index contributed by atoms with van der Waals surface area (Å²) in [6.45, 7) is 4.63. The van der Waals surface area contributed by atoms with Crippen LogP contribution >= 0.6 is 0 Å². The van der Waals surface area contributed by atoms with Crippen LogP contribution in [0.3, 0.4) is 0 Å². The standard InChI is InChI=1S/C16H32N2O3/c1-9-4-13(21-3)7-14(10(9)2)18-12-5-11(8-19)16(17)15(20)6-12/h9-16,18-20H,4-8,17H2,1-3H3/t9-,10-,11+,12+,13+,14?,15+,16-/m0/s1. The smallest absolute Gasteiger partial charge is 0.0709 e. The van der Waals surface area contributed by atoms with Gasteiger partial charge in [0.05, 0.1) is 12.2 Å². The summed E-state index contributed by atoms with van der Waals surface area (Å²) in [6.07, 6.45) is 3.44. The Balaban J connectivity index is 1.96. The van der Waals surface area contributed by atoms with Crippen LogP contribution in [0.4, 0.5) is 0 Å².